The van der Waals surface area contributed by atoms with Gasteiger partial charge in [0.1, 0.15) is 6.04 Å². The van der Waals surface area contributed by atoms with E-state index in [-0.39, 0.29) is 5.92 Å². The van der Waals surface area contributed by atoms with E-state index in [9.17, 15) is 14.7 Å². The van der Waals surface area contributed by atoms with Crippen molar-refractivity contribution in [2.75, 3.05) is 0 Å². The van der Waals surface area contributed by atoms with Gasteiger partial charge in [-0.1, -0.05) is 50.6 Å². The number of carboxylic acid groups (broad SMARTS) is 1. The molecule has 0 radical (unpaired) electrons. The van der Waals surface area contributed by atoms with Crippen molar-refractivity contribution >= 4 is 11.9 Å². The van der Waals surface area contributed by atoms with Gasteiger partial charge in [0.05, 0.1) is 18.3 Å². The zero-order valence-corrected chi connectivity index (χ0v) is 14.2. The van der Waals surface area contributed by atoms with Gasteiger partial charge in [-0.3, -0.25) is 9.48 Å². The van der Waals surface area contributed by atoms with Crippen LogP contribution < -0.4 is 5.32 Å². The maximum absolute atomic E-state index is 12.4. The minimum Gasteiger partial charge on any atom is -0.480 e. The van der Waals surface area contributed by atoms with E-state index in [1.807, 2.05) is 51.1 Å². The molecule has 2 N–H and O–H groups in total. The van der Waals surface area contributed by atoms with Crippen LogP contribution in [0.25, 0.3) is 0 Å². The van der Waals surface area contributed by atoms with Gasteiger partial charge in [0.25, 0.3) is 5.91 Å². The van der Waals surface area contributed by atoms with Gasteiger partial charge in [0.15, 0.2) is 0 Å². The zero-order chi connectivity index (χ0) is 17.7. The fourth-order valence-electron chi connectivity index (χ4n) is 2.49. The number of hydrogen-bond acceptors (Lipinski definition) is 3. The molecule has 2 atom stereocenters. The second-order valence-corrected chi connectivity index (χ2v) is 5.96. The van der Waals surface area contributed by atoms with Crippen LogP contribution in [0.2, 0.25) is 0 Å². The number of carbonyl (C=O) groups is 2. The highest BCUT2D eigenvalue weighted by Crippen LogP contribution is 2.13. The molecule has 0 bridgehead atoms. The fraction of sp³-hybridized carbons (Fsp3) is 0.389. The summed E-state index contributed by atoms with van der Waals surface area (Å²) in [5.74, 6) is -1.57. The molecule has 1 aromatic heterocycles. The second kappa shape index (κ2) is 7.77. The Bertz CT molecular complexity index is 710. The van der Waals surface area contributed by atoms with E-state index in [2.05, 4.69) is 10.4 Å². The first-order valence-corrected chi connectivity index (χ1v) is 8.04. The molecular weight excluding hydrogens is 306 g/mol. The minimum atomic E-state index is -1.02. The number of carbonyl (C=O) groups excluding carboxylic acids is 1. The summed E-state index contributed by atoms with van der Waals surface area (Å²) in [5.41, 5.74) is 2.20. The number of benzene rings is 1. The molecule has 2 rings (SSSR count). The molecule has 24 heavy (non-hydrogen) atoms. The lowest BCUT2D eigenvalue weighted by molar-refractivity contribution is -0.140. The predicted molar refractivity (Wildman–Crippen MR) is 90.9 cm³/mol. The van der Waals surface area contributed by atoms with E-state index in [1.165, 1.54) is 6.20 Å². The van der Waals surface area contributed by atoms with Gasteiger partial charge < -0.3 is 10.4 Å². The van der Waals surface area contributed by atoms with Gasteiger partial charge in [-0.2, -0.15) is 5.10 Å². The van der Waals surface area contributed by atoms with Crippen molar-refractivity contribution in [1.29, 1.82) is 0 Å². The molecule has 0 aliphatic heterocycles. The van der Waals surface area contributed by atoms with Crippen LogP contribution in [-0.4, -0.2) is 32.8 Å². The molecule has 0 spiro atoms. The number of nitrogens with one attached hydrogen (secondary N) is 1. The Kier molecular flexibility index (Phi) is 5.73. The Balaban J connectivity index is 2.14. The van der Waals surface area contributed by atoms with Crippen LogP contribution in [0.15, 0.2) is 36.5 Å². The Morgan fingerprint density at radius 2 is 1.96 bits per heavy atom. The molecule has 2 aromatic rings. The third kappa shape index (κ3) is 4.01. The van der Waals surface area contributed by atoms with E-state index in [0.717, 1.165) is 5.56 Å². The fourth-order valence-corrected chi connectivity index (χ4v) is 2.49. The van der Waals surface area contributed by atoms with E-state index in [1.54, 1.807) is 4.68 Å². The smallest absolute Gasteiger partial charge is 0.326 e. The average molecular weight is 329 g/mol. The van der Waals surface area contributed by atoms with Crippen molar-refractivity contribution in [2.24, 2.45) is 5.92 Å². The molecule has 0 aliphatic rings. The van der Waals surface area contributed by atoms with Crippen LogP contribution >= 0.6 is 0 Å². The highest BCUT2D eigenvalue weighted by atomic mass is 16.4. The van der Waals surface area contributed by atoms with Gasteiger partial charge in [-0.25, -0.2) is 4.79 Å². The van der Waals surface area contributed by atoms with Gasteiger partial charge in [0.2, 0.25) is 0 Å². The number of rotatable bonds is 7. The number of aliphatic carboxylic acids is 1. The van der Waals surface area contributed by atoms with E-state index < -0.39 is 17.9 Å². The first-order valence-electron chi connectivity index (χ1n) is 8.04. The summed E-state index contributed by atoms with van der Waals surface area (Å²) in [6, 6.07) is 8.92. The molecule has 6 nitrogen and oxygen atoms in total. The van der Waals surface area contributed by atoms with Crippen LogP contribution in [0.1, 0.15) is 41.9 Å². The highest BCUT2D eigenvalue weighted by Gasteiger charge is 2.27. The van der Waals surface area contributed by atoms with Crippen molar-refractivity contribution in [1.82, 2.24) is 15.1 Å². The summed E-state index contributed by atoms with van der Waals surface area (Å²) in [6.07, 6.45) is 2.16. The summed E-state index contributed by atoms with van der Waals surface area (Å²) in [6.45, 7) is 6.08. The van der Waals surface area contributed by atoms with E-state index in [4.69, 9.17) is 0 Å². The van der Waals surface area contributed by atoms with E-state index in [0.29, 0.717) is 24.2 Å². The highest BCUT2D eigenvalue weighted by molar-refractivity contribution is 5.97. The largest absolute Gasteiger partial charge is 0.480 e. The van der Waals surface area contributed by atoms with Gasteiger partial charge in [-0.15, -0.1) is 0 Å². The molecule has 1 amide bonds. The zero-order valence-electron chi connectivity index (χ0n) is 14.2. The minimum absolute atomic E-state index is 0.147. The molecular formula is C18H23N3O3. The summed E-state index contributed by atoms with van der Waals surface area (Å²) < 4.78 is 1.74. The topological polar surface area (TPSA) is 84.2 Å². The summed E-state index contributed by atoms with van der Waals surface area (Å²) in [5, 5.41) is 16.2. The quantitative estimate of drug-likeness (QED) is 0.817. The maximum Gasteiger partial charge on any atom is 0.326 e. The Morgan fingerprint density at radius 3 is 2.54 bits per heavy atom. The monoisotopic (exact) mass is 329 g/mol. The normalized spacial score (nSPS) is 13.3. The Labute approximate surface area is 141 Å². The van der Waals surface area contributed by atoms with Crippen molar-refractivity contribution in [2.45, 2.75) is 39.8 Å². The van der Waals surface area contributed by atoms with Crippen molar-refractivity contribution < 1.29 is 14.7 Å². The molecule has 1 heterocycles. The van der Waals surface area contributed by atoms with Crippen LogP contribution in [0.5, 0.6) is 0 Å². The number of nitrogens with zero attached hydrogens (tertiary/aromatic N) is 2. The Morgan fingerprint density at radius 1 is 1.29 bits per heavy atom. The molecule has 0 aliphatic carbocycles. The second-order valence-electron chi connectivity index (χ2n) is 5.96. The molecule has 128 valence electrons. The number of carboxylic acids is 1. The molecule has 1 aromatic carbocycles. The van der Waals surface area contributed by atoms with Gasteiger partial charge in [-0.05, 0) is 18.4 Å². The van der Waals surface area contributed by atoms with Gasteiger partial charge >= 0.3 is 5.97 Å². The lowest BCUT2D eigenvalue weighted by Crippen LogP contribution is -2.45. The molecule has 0 saturated heterocycles. The van der Waals surface area contributed by atoms with Crippen LogP contribution in [0, 0.1) is 12.8 Å². The lowest BCUT2D eigenvalue weighted by Gasteiger charge is -2.20. The summed E-state index contributed by atoms with van der Waals surface area (Å²) in [4.78, 5) is 23.8. The standard InChI is InChI=1S/C18H23N3O3/c1-4-12(2)16(18(23)24)20-17(22)15-10-19-21(13(15)3)11-14-8-6-5-7-9-14/h5-10,12,16H,4,11H2,1-3H3,(H,20,22)(H,23,24)/t12-,16-/m0/s1. The number of hydrogen-bond donors (Lipinski definition) is 2. The van der Waals surface area contributed by atoms with Crippen molar-refractivity contribution in [3.63, 3.8) is 0 Å². The summed E-state index contributed by atoms with van der Waals surface area (Å²) in [7, 11) is 0. The molecule has 0 saturated carbocycles. The third-order valence-corrected chi connectivity index (χ3v) is 4.29. The van der Waals surface area contributed by atoms with Crippen LogP contribution in [0.3, 0.4) is 0 Å². The van der Waals surface area contributed by atoms with Crippen molar-refractivity contribution in [3.8, 4) is 0 Å². The van der Waals surface area contributed by atoms with Crippen LogP contribution in [-0.2, 0) is 11.3 Å². The first kappa shape index (κ1) is 17.7. The first-order chi connectivity index (χ1) is 11.4. The molecule has 0 fully saturated rings. The summed E-state index contributed by atoms with van der Waals surface area (Å²) >= 11 is 0. The SMILES string of the molecule is CC[C@H](C)[C@H](NC(=O)c1cnn(Cc2ccccc2)c1C)C(=O)O. The number of aromatic nitrogens is 2. The van der Waals surface area contributed by atoms with Crippen molar-refractivity contribution in [3.05, 3.63) is 53.3 Å². The average Bonchev–Trinajstić information content (AvgIpc) is 2.93. The third-order valence-electron chi connectivity index (χ3n) is 4.29. The molecule has 0 unspecified atom stereocenters. The predicted octanol–water partition coefficient (Wildman–Crippen LogP) is 2.47. The lowest BCUT2D eigenvalue weighted by atomic mass is 9.99. The van der Waals surface area contributed by atoms with Gasteiger partial charge in [0, 0.05) is 5.69 Å². The molecule has 6 heteroatoms. The Hall–Kier alpha value is -2.63. The van der Waals surface area contributed by atoms with Crippen LogP contribution in [0.4, 0.5) is 0 Å². The maximum atomic E-state index is 12.4. The van der Waals surface area contributed by atoms with E-state index >= 15 is 0 Å². The number of amides is 1.